The van der Waals surface area contributed by atoms with Crippen LogP contribution in [-0.4, -0.2) is 53.7 Å². The third kappa shape index (κ3) is 2.91. The number of hydrogen-bond donors (Lipinski definition) is 1. The number of fused-ring (bicyclic) bond motifs is 2. The fourth-order valence-electron chi connectivity index (χ4n) is 5.80. The molecule has 4 nitrogen and oxygen atoms in total. The van der Waals surface area contributed by atoms with Gasteiger partial charge < -0.3 is 9.84 Å². The fraction of sp³-hybridized carbons (Fsp3) is 0.478. The Morgan fingerprint density at radius 3 is 2.48 bits per heavy atom. The molecular formula is C23H28N2O2. The second kappa shape index (κ2) is 6.84. The van der Waals surface area contributed by atoms with Crippen molar-refractivity contribution in [3.05, 3.63) is 59.7 Å². The van der Waals surface area contributed by atoms with E-state index in [4.69, 9.17) is 4.74 Å². The molecule has 0 spiro atoms. The van der Waals surface area contributed by atoms with Crippen molar-refractivity contribution in [1.29, 1.82) is 0 Å². The second-order valence-corrected chi connectivity index (χ2v) is 8.30. The first-order valence-corrected chi connectivity index (χ1v) is 10.1. The molecule has 6 rings (SSSR count). The summed E-state index contributed by atoms with van der Waals surface area (Å²) in [6.45, 7) is 4.51. The number of phenolic OH excluding ortho intramolecular Hbond substituents is 1. The Kier molecular flexibility index (Phi) is 4.33. The minimum atomic E-state index is 0.341. The Balaban J connectivity index is 1.49. The van der Waals surface area contributed by atoms with E-state index in [1.807, 2.05) is 0 Å². The number of hydrogen-bond acceptors (Lipinski definition) is 4. The lowest BCUT2D eigenvalue weighted by molar-refractivity contribution is -0.00879. The molecule has 27 heavy (non-hydrogen) atoms. The summed E-state index contributed by atoms with van der Waals surface area (Å²) in [5.74, 6) is 2.66. The van der Waals surface area contributed by atoms with Crippen molar-refractivity contribution >= 4 is 0 Å². The van der Waals surface area contributed by atoms with Gasteiger partial charge >= 0.3 is 0 Å². The Morgan fingerprint density at radius 2 is 1.74 bits per heavy atom. The number of likely N-dealkylation sites (tertiary alicyclic amines) is 1. The van der Waals surface area contributed by atoms with Crippen LogP contribution in [0.25, 0.3) is 0 Å². The molecule has 4 fully saturated rings. The third-order valence-corrected chi connectivity index (χ3v) is 6.95. The van der Waals surface area contributed by atoms with Crippen LogP contribution in [0.5, 0.6) is 11.5 Å². The molecule has 2 aromatic carbocycles. The zero-order valence-electron chi connectivity index (χ0n) is 15.9. The summed E-state index contributed by atoms with van der Waals surface area (Å²) in [5, 5.41) is 9.61. The summed E-state index contributed by atoms with van der Waals surface area (Å²) >= 11 is 0. The van der Waals surface area contributed by atoms with Crippen LogP contribution < -0.4 is 4.74 Å². The topological polar surface area (TPSA) is 35.9 Å². The average molecular weight is 364 g/mol. The van der Waals surface area contributed by atoms with Crippen molar-refractivity contribution in [2.75, 3.05) is 26.7 Å². The fourth-order valence-corrected chi connectivity index (χ4v) is 5.80. The van der Waals surface area contributed by atoms with Gasteiger partial charge in [-0.3, -0.25) is 9.80 Å². The molecule has 0 radical (unpaired) electrons. The summed E-state index contributed by atoms with van der Waals surface area (Å²) in [6, 6.07) is 17.5. The van der Waals surface area contributed by atoms with Gasteiger partial charge in [-0.1, -0.05) is 30.3 Å². The van der Waals surface area contributed by atoms with Gasteiger partial charge in [-0.2, -0.15) is 0 Å². The predicted octanol–water partition coefficient (Wildman–Crippen LogP) is 3.46. The highest BCUT2D eigenvalue weighted by Gasteiger charge is 2.53. The predicted molar refractivity (Wildman–Crippen MR) is 106 cm³/mol. The van der Waals surface area contributed by atoms with Gasteiger partial charge in [-0.05, 0) is 55.6 Å². The van der Waals surface area contributed by atoms with E-state index >= 15 is 0 Å². The average Bonchev–Trinajstić information content (AvgIpc) is 3.12. The molecule has 4 aliphatic rings. The highest BCUT2D eigenvalue weighted by Crippen LogP contribution is 2.48. The summed E-state index contributed by atoms with van der Waals surface area (Å²) < 4.78 is 5.72. The zero-order valence-corrected chi connectivity index (χ0v) is 15.9. The molecular weight excluding hydrogens is 336 g/mol. The van der Waals surface area contributed by atoms with E-state index in [1.165, 1.54) is 37.1 Å². The summed E-state index contributed by atoms with van der Waals surface area (Å²) in [5.41, 5.74) is 2.64. The van der Waals surface area contributed by atoms with Crippen LogP contribution in [0.1, 0.15) is 29.9 Å². The minimum Gasteiger partial charge on any atom is -0.508 e. The van der Waals surface area contributed by atoms with E-state index in [0.717, 1.165) is 24.8 Å². The number of aromatic hydroxyl groups is 1. The van der Waals surface area contributed by atoms with Crippen LogP contribution in [0, 0.1) is 5.92 Å². The lowest BCUT2D eigenvalue weighted by Gasteiger charge is -2.51. The molecule has 0 unspecified atom stereocenters. The van der Waals surface area contributed by atoms with E-state index in [-0.39, 0.29) is 0 Å². The number of rotatable bonds is 4. The zero-order chi connectivity index (χ0) is 18.4. The van der Waals surface area contributed by atoms with Crippen LogP contribution in [0.15, 0.2) is 48.5 Å². The van der Waals surface area contributed by atoms with E-state index < -0.39 is 0 Å². The van der Waals surface area contributed by atoms with Gasteiger partial charge in [0.05, 0.1) is 7.11 Å². The molecule has 0 saturated carbocycles. The van der Waals surface area contributed by atoms with Gasteiger partial charge in [0.25, 0.3) is 0 Å². The molecule has 1 N–H and O–H groups in total. The SMILES string of the molecule is COc1ccccc1[C@@H]1CN(Cc2ccc(O)cc2)[C@@H]2C3CCN(CC3)[C@@H]21. The largest absolute Gasteiger partial charge is 0.508 e. The number of phenols is 1. The van der Waals surface area contributed by atoms with Crippen LogP contribution in [0.3, 0.4) is 0 Å². The van der Waals surface area contributed by atoms with Gasteiger partial charge in [0, 0.05) is 36.7 Å². The smallest absolute Gasteiger partial charge is 0.122 e. The van der Waals surface area contributed by atoms with E-state index in [1.54, 1.807) is 19.2 Å². The minimum absolute atomic E-state index is 0.341. The van der Waals surface area contributed by atoms with E-state index in [2.05, 4.69) is 46.2 Å². The number of piperidine rings is 3. The summed E-state index contributed by atoms with van der Waals surface area (Å²) in [4.78, 5) is 5.43. The van der Waals surface area contributed by atoms with Gasteiger partial charge in [0.1, 0.15) is 11.5 Å². The normalized spacial score (nSPS) is 32.4. The van der Waals surface area contributed by atoms with E-state index in [9.17, 15) is 5.11 Å². The standard InChI is InChI=1S/C23H28N2O2/c1-27-21-5-3-2-4-19(21)20-15-25(14-16-6-8-18(26)9-7-16)22-17-10-12-24(13-11-17)23(20)22/h2-9,17,20,22-23,26H,10-15H2,1H3/t20-,22+,23+/m0/s1. The third-order valence-electron chi connectivity index (χ3n) is 6.95. The molecule has 4 heterocycles. The van der Waals surface area contributed by atoms with E-state index in [0.29, 0.717) is 23.8 Å². The van der Waals surface area contributed by atoms with Gasteiger partial charge in [0.2, 0.25) is 0 Å². The molecule has 4 heteroatoms. The summed E-state index contributed by atoms with van der Waals surface area (Å²) in [7, 11) is 1.78. The number of ether oxygens (including phenoxy) is 1. The van der Waals surface area contributed by atoms with Crippen molar-refractivity contribution in [3.63, 3.8) is 0 Å². The summed E-state index contributed by atoms with van der Waals surface area (Å²) in [6.07, 6.45) is 2.65. The molecule has 3 atom stereocenters. The lowest BCUT2D eigenvalue weighted by Crippen LogP contribution is -2.59. The van der Waals surface area contributed by atoms with Crippen LogP contribution in [0.2, 0.25) is 0 Å². The Labute approximate surface area is 161 Å². The van der Waals surface area contributed by atoms with Crippen molar-refractivity contribution in [3.8, 4) is 11.5 Å². The van der Waals surface area contributed by atoms with Crippen molar-refractivity contribution < 1.29 is 9.84 Å². The lowest BCUT2D eigenvalue weighted by atomic mass is 9.75. The Hall–Kier alpha value is -2.04. The monoisotopic (exact) mass is 364 g/mol. The molecule has 2 aromatic rings. The quantitative estimate of drug-likeness (QED) is 0.901. The van der Waals surface area contributed by atoms with Gasteiger partial charge in [-0.25, -0.2) is 0 Å². The van der Waals surface area contributed by atoms with Crippen molar-refractivity contribution in [2.45, 2.75) is 37.4 Å². The first-order chi connectivity index (χ1) is 13.2. The maximum atomic E-state index is 9.61. The van der Waals surface area contributed by atoms with Crippen LogP contribution in [-0.2, 0) is 6.54 Å². The van der Waals surface area contributed by atoms with Crippen molar-refractivity contribution in [1.82, 2.24) is 9.80 Å². The highest BCUT2D eigenvalue weighted by atomic mass is 16.5. The number of nitrogens with zero attached hydrogens (tertiary/aromatic N) is 2. The first-order valence-electron chi connectivity index (χ1n) is 10.1. The number of methoxy groups -OCH3 is 1. The Bertz CT molecular complexity index is 798. The van der Waals surface area contributed by atoms with Gasteiger partial charge in [-0.15, -0.1) is 0 Å². The maximum absolute atomic E-state index is 9.61. The number of benzene rings is 2. The van der Waals surface area contributed by atoms with Crippen LogP contribution in [0.4, 0.5) is 0 Å². The molecule has 2 bridgehead atoms. The highest BCUT2D eigenvalue weighted by molar-refractivity contribution is 5.39. The molecule has 0 aliphatic carbocycles. The molecule has 4 aliphatic heterocycles. The van der Waals surface area contributed by atoms with Crippen LogP contribution >= 0.6 is 0 Å². The van der Waals surface area contributed by atoms with Crippen molar-refractivity contribution in [2.24, 2.45) is 5.92 Å². The molecule has 142 valence electrons. The molecule has 0 amide bonds. The number of para-hydroxylation sites is 1. The second-order valence-electron chi connectivity index (χ2n) is 8.30. The van der Waals surface area contributed by atoms with Gasteiger partial charge in [0.15, 0.2) is 0 Å². The molecule has 0 aromatic heterocycles. The first kappa shape index (κ1) is 17.1. The maximum Gasteiger partial charge on any atom is 0.122 e. The Morgan fingerprint density at radius 1 is 1.00 bits per heavy atom. The molecule has 4 saturated heterocycles.